The Bertz CT molecular complexity index is 418. The first kappa shape index (κ1) is 15.2. The highest BCUT2D eigenvalue weighted by molar-refractivity contribution is 5.97. The van der Waals surface area contributed by atoms with Gasteiger partial charge >= 0.3 is 0 Å². The van der Waals surface area contributed by atoms with Crippen LogP contribution in [0.1, 0.15) is 54.9 Å². The maximum absolute atomic E-state index is 12.3. The molecule has 0 heterocycles. The van der Waals surface area contributed by atoms with E-state index in [4.69, 9.17) is 0 Å². The molecule has 0 amide bonds. The number of likely N-dealkylation sites (N-methyl/N-ethyl adjacent to an activating group) is 1. The third-order valence-corrected chi connectivity index (χ3v) is 4.27. The van der Waals surface area contributed by atoms with Gasteiger partial charge in [-0.2, -0.15) is 0 Å². The summed E-state index contributed by atoms with van der Waals surface area (Å²) in [5.41, 5.74) is 2.17. The normalized spacial score (nSPS) is 15.9. The summed E-state index contributed by atoms with van der Waals surface area (Å²) in [5.74, 6) is 1.05. The van der Waals surface area contributed by atoms with Gasteiger partial charge in [0.15, 0.2) is 5.78 Å². The summed E-state index contributed by atoms with van der Waals surface area (Å²) < 4.78 is 0. The molecule has 0 spiro atoms. The number of aryl methyl sites for hydroxylation is 1. The van der Waals surface area contributed by atoms with Crippen LogP contribution in [-0.4, -0.2) is 30.8 Å². The standard InChI is InChI=1S/C18H27NO/c1-3-6-15-9-11-17(12-10-15)18(20)14-19(2)13-16-7-4-5-8-16/h9-12,16H,3-8,13-14H2,1-2H3. The summed E-state index contributed by atoms with van der Waals surface area (Å²) in [6, 6.07) is 8.15. The van der Waals surface area contributed by atoms with Gasteiger partial charge in [0.25, 0.3) is 0 Å². The van der Waals surface area contributed by atoms with Gasteiger partial charge in [-0.05, 0) is 37.8 Å². The molecule has 2 heteroatoms. The minimum Gasteiger partial charge on any atom is -0.299 e. The van der Waals surface area contributed by atoms with Crippen molar-refractivity contribution in [2.45, 2.75) is 45.4 Å². The van der Waals surface area contributed by atoms with Crippen molar-refractivity contribution >= 4 is 5.78 Å². The van der Waals surface area contributed by atoms with Gasteiger partial charge in [-0.15, -0.1) is 0 Å². The third-order valence-electron chi connectivity index (χ3n) is 4.27. The highest BCUT2D eigenvalue weighted by atomic mass is 16.1. The summed E-state index contributed by atoms with van der Waals surface area (Å²) in [4.78, 5) is 14.4. The molecule has 1 aromatic rings. The number of carbonyl (C=O) groups excluding carboxylic acids is 1. The van der Waals surface area contributed by atoms with Crippen LogP contribution in [0.3, 0.4) is 0 Å². The molecular formula is C18H27NO. The van der Waals surface area contributed by atoms with Crippen LogP contribution in [0.4, 0.5) is 0 Å². The van der Waals surface area contributed by atoms with Crippen molar-refractivity contribution < 1.29 is 4.79 Å². The van der Waals surface area contributed by atoms with E-state index in [1.165, 1.54) is 31.2 Å². The molecule has 2 nitrogen and oxygen atoms in total. The van der Waals surface area contributed by atoms with Crippen LogP contribution in [0.15, 0.2) is 24.3 Å². The van der Waals surface area contributed by atoms with Crippen LogP contribution in [0, 0.1) is 5.92 Å². The number of hydrogen-bond donors (Lipinski definition) is 0. The lowest BCUT2D eigenvalue weighted by molar-refractivity contribution is 0.0938. The molecule has 0 aliphatic heterocycles. The van der Waals surface area contributed by atoms with E-state index in [2.05, 4.69) is 31.0 Å². The van der Waals surface area contributed by atoms with Gasteiger partial charge in [-0.1, -0.05) is 50.5 Å². The van der Waals surface area contributed by atoms with Crippen LogP contribution < -0.4 is 0 Å². The molecular weight excluding hydrogens is 246 g/mol. The Kier molecular flexibility index (Phi) is 5.78. The fraction of sp³-hybridized carbons (Fsp3) is 0.611. The molecule has 1 saturated carbocycles. The van der Waals surface area contributed by atoms with E-state index in [0.717, 1.165) is 30.9 Å². The van der Waals surface area contributed by atoms with Crippen molar-refractivity contribution in [1.82, 2.24) is 4.90 Å². The topological polar surface area (TPSA) is 20.3 Å². The van der Waals surface area contributed by atoms with E-state index in [-0.39, 0.29) is 5.78 Å². The average Bonchev–Trinajstić information content (AvgIpc) is 2.92. The molecule has 0 N–H and O–H groups in total. The van der Waals surface area contributed by atoms with E-state index in [9.17, 15) is 4.79 Å². The van der Waals surface area contributed by atoms with Crippen molar-refractivity contribution in [3.05, 3.63) is 35.4 Å². The maximum atomic E-state index is 12.3. The highest BCUT2D eigenvalue weighted by Gasteiger charge is 2.18. The Hall–Kier alpha value is -1.15. The first-order valence-corrected chi connectivity index (χ1v) is 7.99. The van der Waals surface area contributed by atoms with Gasteiger partial charge in [0.1, 0.15) is 0 Å². The lowest BCUT2D eigenvalue weighted by Crippen LogP contribution is -2.30. The second kappa shape index (κ2) is 7.58. The zero-order chi connectivity index (χ0) is 14.4. The molecule has 20 heavy (non-hydrogen) atoms. The summed E-state index contributed by atoms with van der Waals surface area (Å²) >= 11 is 0. The molecule has 1 fully saturated rings. The number of benzene rings is 1. The quantitative estimate of drug-likeness (QED) is 0.701. The van der Waals surface area contributed by atoms with E-state index < -0.39 is 0 Å². The highest BCUT2D eigenvalue weighted by Crippen LogP contribution is 2.25. The van der Waals surface area contributed by atoms with Crippen molar-refractivity contribution in [1.29, 1.82) is 0 Å². The van der Waals surface area contributed by atoms with Gasteiger partial charge < -0.3 is 0 Å². The number of Topliss-reactive ketones (excluding diaryl/α,β-unsaturated/α-hetero) is 1. The monoisotopic (exact) mass is 273 g/mol. The van der Waals surface area contributed by atoms with Crippen LogP contribution in [-0.2, 0) is 6.42 Å². The Morgan fingerprint density at radius 3 is 2.45 bits per heavy atom. The van der Waals surface area contributed by atoms with Gasteiger partial charge in [-0.3, -0.25) is 9.69 Å². The van der Waals surface area contributed by atoms with Crippen LogP contribution in [0.2, 0.25) is 0 Å². The van der Waals surface area contributed by atoms with E-state index in [0.29, 0.717) is 6.54 Å². The van der Waals surface area contributed by atoms with Crippen molar-refractivity contribution in [2.24, 2.45) is 5.92 Å². The average molecular weight is 273 g/mol. The van der Waals surface area contributed by atoms with E-state index >= 15 is 0 Å². The number of hydrogen-bond acceptors (Lipinski definition) is 2. The van der Waals surface area contributed by atoms with E-state index in [1.54, 1.807) is 0 Å². The molecule has 110 valence electrons. The van der Waals surface area contributed by atoms with Crippen LogP contribution in [0.5, 0.6) is 0 Å². The molecule has 0 saturated heterocycles. The molecule has 0 radical (unpaired) electrons. The molecule has 1 aliphatic carbocycles. The predicted molar refractivity (Wildman–Crippen MR) is 84.2 cm³/mol. The molecule has 2 rings (SSSR count). The second-order valence-electron chi connectivity index (χ2n) is 6.22. The Morgan fingerprint density at radius 2 is 1.85 bits per heavy atom. The summed E-state index contributed by atoms with van der Waals surface area (Å²) in [6.07, 6.45) is 7.65. The summed E-state index contributed by atoms with van der Waals surface area (Å²) in [6.45, 7) is 3.79. The number of rotatable bonds is 7. The first-order valence-electron chi connectivity index (χ1n) is 7.99. The molecule has 1 aliphatic rings. The Labute approximate surface area is 123 Å². The van der Waals surface area contributed by atoms with Crippen LogP contribution in [0.25, 0.3) is 0 Å². The number of ketones is 1. The van der Waals surface area contributed by atoms with Gasteiger partial charge in [0, 0.05) is 12.1 Å². The fourth-order valence-corrected chi connectivity index (χ4v) is 3.18. The van der Waals surface area contributed by atoms with Gasteiger partial charge in [-0.25, -0.2) is 0 Å². The molecule has 0 aromatic heterocycles. The second-order valence-corrected chi connectivity index (χ2v) is 6.22. The SMILES string of the molecule is CCCc1ccc(C(=O)CN(C)CC2CCCC2)cc1. The summed E-state index contributed by atoms with van der Waals surface area (Å²) in [5, 5.41) is 0. The molecule has 0 atom stereocenters. The van der Waals surface area contributed by atoms with Crippen molar-refractivity contribution in [2.75, 3.05) is 20.1 Å². The lowest BCUT2D eigenvalue weighted by Gasteiger charge is -2.20. The fourth-order valence-electron chi connectivity index (χ4n) is 3.18. The smallest absolute Gasteiger partial charge is 0.176 e. The van der Waals surface area contributed by atoms with Crippen LogP contribution >= 0.6 is 0 Å². The van der Waals surface area contributed by atoms with Crippen molar-refractivity contribution in [3.63, 3.8) is 0 Å². The van der Waals surface area contributed by atoms with Gasteiger partial charge in [0.2, 0.25) is 0 Å². The molecule has 0 bridgehead atoms. The van der Waals surface area contributed by atoms with Gasteiger partial charge in [0.05, 0.1) is 6.54 Å². The Balaban J connectivity index is 1.83. The predicted octanol–water partition coefficient (Wildman–Crippen LogP) is 3.94. The maximum Gasteiger partial charge on any atom is 0.176 e. The zero-order valence-corrected chi connectivity index (χ0v) is 12.9. The number of carbonyl (C=O) groups is 1. The Morgan fingerprint density at radius 1 is 1.20 bits per heavy atom. The first-order chi connectivity index (χ1) is 9.69. The third kappa shape index (κ3) is 4.45. The summed E-state index contributed by atoms with van der Waals surface area (Å²) in [7, 11) is 2.07. The van der Waals surface area contributed by atoms with E-state index in [1.807, 2.05) is 12.1 Å². The largest absolute Gasteiger partial charge is 0.299 e. The minimum atomic E-state index is 0.244. The molecule has 0 unspecified atom stereocenters. The number of nitrogens with zero attached hydrogens (tertiary/aromatic N) is 1. The molecule has 1 aromatic carbocycles. The minimum absolute atomic E-state index is 0.244. The van der Waals surface area contributed by atoms with Crippen molar-refractivity contribution in [3.8, 4) is 0 Å². The lowest BCUT2D eigenvalue weighted by atomic mass is 10.0. The zero-order valence-electron chi connectivity index (χ0n) is 12.9.